The summed E-state index contributed by atoms with van der Waals surface area (Å²) < 4.78 is 0. The number of thiocarbonyl (C=S) groups is 1. The molecule has 1 heterocycles. The molecular weight excluding hydrogens is 202 g/mol. The fourth-order valence-corrected chi connectivity index (χ4v) is 1.60. The summed E-state index contributed by atoms with van der Waals surface area (Å²) in [5.41, 5.74) is 10.4. The molecule has 0 aliphatic carbocycles. The van der Waals surface area contributed by atoms with Crippen LogP contribution >= 0.6 is 12.2 Å². The number of rotatable bonds is 3. The predicted molar refractivity (Wildman–Crippen MR) is 55.3 cm³/mol. The number of nitrogens with two attached hydrogens (primary N) is 2. The van der Waals surface area contributed by atoms with Crippen LogP contribution in [0.3, 0.4) is 0 Å². The second-order valence-corrected chi connectivity index (χ2v) is 3.90. The van der Waals surface area contributed by atoms with Gasteiger partial charge in [-0.05, 0) is 6.42 Å². The lowest BCUT2D eigenvalue weighted by molar-refractivity contribution is -0.129. The molecule has 1 rings (SSSR count). The quantitative estimate of drug-likeness (QED) is 0.591. The third-order valence-electron chi connectivity index (χ3n) is 2.27. The van der Waals surface area contributed by atoms with Gasteiger partial charge in [-0.3, -0.25) is 9.59 Å². The van der Waals surface area contributed by atoms with Crippen molar-refractivity contribution in [2.75, 3.05) is 13.1 Å². The molecule has 1 atom stereocenters. The number of nitrogens with zero attached hydrogens (tertiary/aromatic N) is 1. The summed E-state index contributed by atoms with van der Waals surface area (Å²) in [6.07, 6.45) is 0.708. The average Bonchev–Trinajstić information content (AvgIpc) is 2.50. The molecule has 0 saturated carbocycles. The second-order valence-electron chi connectivity index (χ2n) is 3.37. The molecule has 0 aromatic carbocycles. The van der Waals surface area contributed by atoms with Crippen LogP contribution in [0.25, 0.3) is 0 Å². The summed E-state index contributed by atoms with van der Waals surface area (Å²) in [4.78, 5) is 24.0. The summed E-state index contributed by atoms with van der Waals surface area (Å²) in [6, 6.07) is 0. The molecule has 0 spiro atoms. The summed E-state index contributed by atoms with van der Waals surface area (Å²) in [6.45, 7) is 0.964. The standard InChI is InChI=1S/C8H13N3O2S/c9-6(14)3-7(12)11-2-1-5(4-11)8(10)13/h5H,1-4H2,(H2,9,14)(H2,10,13). The van der Waals surface area contributed by atoms with E-state index < -0.39 is 0 Å². The molecule has 1 fully saturated rings. The lowest BCUT2D eigenvalue weighted by atomic mass is 10.1. The van der Waals surface area contributed by atoms with Crippen molar-refractivity contribution in [1.82, 2.24) is 4.90 Å². The fourth-order valence-electron chi connectivity index (χ4n) is 1.48. The van der Waals surface area contributed by atoms with Crippen LogP contribution in [0.2, 0.25) is 0 Å². The van der Waals surface area contributed by atoms with E-state index in [4.69, 9.17) is 11.5 Å². The Hall–Kier alpha value is -1.17. The van der Waals surface area contributed by atoms with Crippen LogP contribution in [-0.2, 0) is 9.59 Å². The van der Waals surface area contributed by atoms with E-state index >= 15 is 0 Å². The number of primary amides is 1. The molecule has 0 radical (unpaired) electrons. The van der Waals surface area contributed by atoms with Crippen molar-refractivity contribution in [3.05, 3.63) is 0 Å². The predicted octanol–water partition coefficient (Wildman–Crippen LogP) is -1.00. The Labute approximate surface area is 87.4 Å². The van der Waals surface area contributed by atoms with Gasteiger partial charge in [0, 0.05) is 13.1 Å². The number of carbonyl (C=O) groups excluding carboxylic acids is 2. The summed E-state index contributed by atoms with van der Waals surface area (Å²) in [5, 5.41) is 0. The van der Waals surface area contributed by atoms with Gasteiger partial charge in [-0.1, -0.05) is 12.2 Å². The molecule has 1 aliphatic heterocycles. The second kappa shape index (κ2) is 4.36. The van der Waals surface area contributed by atoms with Gasteiger partial charge in [0.05, 0.1) is 17.3 Å². The van der Waals surface area contributed by atoms with E-state index in [0.29, 0.717) is 19.5 Å². The van der Waals surface area contributed by atoms with Crippen LogP contribution in [-0.4, -0.2) is 34.8 Å². The van der Waals surface area contributed by atoms with Crippen molar-refractivity contribution >= 4 is 29.0 Å². The molecule has 5 nitrogen and oxygen atoms in total. The van der Waals surface area contributed by atoms with Crippen LogP contribution in [0.1, 0.15) is 12.8 Å². The molecule has 78 valence electrons. The molecule has 0 bridgehead atoms. The molecule has 0 aromatic heterocycles. The lowest BCUT2D eigenvalue weighted by Crippen LogP contribution is -2.33. The summed E-state index contributed by atoms with van der Waals surface area (Å²) in [5.74, 6) is -0.692. The smallest absolute Gasteiger partial charge is 0.229 e. The van der Waals surface area contributed by atoms with E-state index in [1.54, 1.807) is 4.90 Å². The number of hydrogen-bond acceptors (Lipinski definition) is 3. The van der Waals surface area contributed by atoms with Crippen molar-refractivity contribution in [2.24, 2.45) is 17.4 Å². The van der Waals surface area contributed by atoms with Gasteiger partial charge in [-0.15, -0.1) is 0 Å². The highest BCUT2D eigenvalue weighted by molar-refractivity contribution is 7.80. The molecule has 1 unspecified atom stereocenters. The SMILES string of the molecule is NC(=O)C1CCN(C(=O)CC(N)=S)C1. The van der Waals surface area contributed by atoms with E-state index in [0.717, 1.165) is 0 Å². The Bertz CT molecular complexity index is 280. The molecular formula is C8H13N3O2S. The zero-order valence-electron chi connectivity index (χ0n) is 7.73. The first-order valence-corrected chi connectivity index (χ1v) is 4.77. The maximum atomic E-state index is 11.4. The molecule has 4 N–H and O–H groups in total. The van der Waals surface area contributed by atoms with Gasteiger partial charge in [0.25, 0.3) is 0 Å². The van der Waals surface area contributed by atoms with Crippen LogP contribution in [0.15, 0.2) is 0 Å². The minimum absolute atomic E-state index is 0.0703. The highest BCUT2D eigenvalue weighted by atomic mass is 32.1. The van der Waals surface area contributed by atoms with Gasteiger partial charge in [0.1, 0.15) is 0 Å². The van der Waals surface area contributed by atoms with E-state index in [1.807, 2.05) is 0 Å². The maximum absolute atomic E-state index is 11.4. The number of likely N-dealkylation sites (tertiary alicyclic amines) is 1. The minimum atomic E-state index is -0.351. The zero-order valence-corrected chi connectivity index (χ0v) is 8.55. The van der Waals surface area contributed by atoms with E-state index in [1.165, 1.54) is 0 Å². The molecule has 14 heavy (non-hydrogen) atoms. The highest BCUT2D eigenvalue weighted by Crippen LogP contribution is 2.16. The number of amides is 2. The third-order valence-corrected chi connectivity index (χ3v) is 2.41. The largest absolute Gasteiger partial charge is 0.393 e. The van der Waals surface area contributed by atoms with Gasteiger partial charge in [0.2, 0.25) is 11.8 Å². The first kappa shape index (κ1) is 10.9. The Morgan fingerprint density at radius 2 is 2.07 bits per heavy atom. The Morgan fingerprint density at radius 1 is 1.43 bits per heavy atom. The van der Waals surface area contributed by atoms with Crippen molar-refractivity contribution in [3.8, 4) is 0 Å². The van der Waals surface area contributed by atoms with Crippen LogP contribution in [0.5, 0.6) is 0 Å². The van der Waals surface area contributed by atoms with Crippen molar-refractivity contribution in [2.45, 2.75) is 12.8 Å². The van der Waals surface area contributed by atoms with Gasteiger partial charge >= 0.3 is 0 Å². The number of carbonyl (C=O) groups is 2. The molecule has 0 aromatic rings. The van der Waals surface area contributed by atoms with Crippen molar-refractivity contribution < 1.29 is 9.59 Å². The normalized spacial score (nSPS) is 20.9. The van der Waals surface area contributed by atoms with E-state index in [-0.39, 0.29) is 29.1 Å². The van der Waals surface area contributed by atoms with Crippen LogP contribution in [0.4, 0.5) is 0 Å². The van der Waals surface area contributed by atoms with Crippen molar-refractivity contribution in [3.63, 3.8) is 0 Å². The maximum Gasteiger partial charge on any atom is 0.229 e. The van der Waals surface area contributed by atoms with Crippen LogP contribution in [0, 0.1) is 5.92 Å². The zero-order chi connectivity index (χ0) is 10.7. The molecule has 1 saturated heterocycles. The first-order valence-electron chi connectivity index (χ1n) is 4.36. The Balaban J connectivity index is 2.45. The van der Waals surface area contributed by atoms with Crippen molar-refractivity contribution in [1.29, 1.82) is 0 Å². The lowest BCUT2D eigenvalue weighted by Gasteiger charge is -2.15. The third kappa shape index (κ3) is 2.66. The topological polar surface area (TPSA) is 89.4 Å². The molecule has 6 heteroatoms. The highest BCUT2D eigenvalue weighted by Gasteiger charge is 2.29. The van der Waals surface area contributed by atoms with Gasteiger partial charge < -0.3 is 16.4 Å². The molecule has 1 aliphatic rings. The summed E-state index contributed by atoms with van der Waals surface area (Å²) >= 11 is 4.63. The van der Waals surface area contributed by atoms with Gasteiger partial charge in [-0.25, -0.2) is 0 Å². The number of hydrogen-bond donors (Lipinski definition) is 2. The monoisotopic (exact) mass is 215 g/mol. The van der Waals surface area contributed by atoms with Gasteiger partial charge in [0.15, 0.2) is 0 Å². The van der Waals surface area contributed by atoms with E-state index in [2.05, 4.69) is 12.2 Å². The first-order chi connectivity index (χ1) is 6.50. The average molecular weight is 215 g/mol. The minimum Gasteiger partial charge on any atom is -0.393 e. The Kier molecular flexibility index (Phi) is 3.40. The Morgan fingerprint density at radius 3 is 2.50 bits per heavy atom. The van der Waals surface area contributed by atoms with Gasteiger partial charge in [-0.2, -0.15) is 0 Å². The molecule has 2 amide bonds. The van der Waals surface area contributed by atoms with E-state index in [9.17, 15) is 9.59 Å². The summed E-state index contributed by atoms with van der Waals surface area (Å²) in [7, 11) is 0. The van der Waals surface area contributed by atoms with Crippen LogP contribution < -0.4 is 11.5 Å². The fraction of sp³-hybridized carbons (Fsp3) is 0.625.